The third kappa shape index (κ3) is 4.41. The predicted octanol–water partition coefficient (Wildman–Crippen LogP) is 1.89. The predicted molar refractivity (Wildman–Crippen MR) is 74.3 cm³/mol. The number of nitrogens with zero attached hydrogens (tertiary/aromatic N) is 1. The van der Waals surface area contributed by atoms with Crippen LogP contribution in [0.1, 0.15) is 26.3 Å². The van der Waals surface area contributed by atoms with Crippen LogP contribution < -0.4 is 0 Å². The first-order valence-corrected chi connectivity index (χ1v) is 6.50. The molecule has 18 heavy (non-hydrogen) atoms. The van der Waals surface area contributed by atoms with E-state index in [2.05, 4.69) is 30.9 Å². The highest BCUT2D eigenvalue weighted by atomic mass is 16.3. The quantitative estimate of drug-likeness (QED) is 0.778. The maximum atomic E-state index is 9.40. The molecule has 0 amide bonds. The summed E-state index contributed by atoms with van der Waals surface area (Å²) in [6, 6.07) is 10.7. The Balaban J connectivity index is 2.72. The monoisotopic (exact) mass is 251 g/mol. The number of benzene rings is 1. The van der Waals surface area contributed by atoms with Crippen molar-refractivity contribution < 1.29 is 10.2 Å². The van der Waals surface area contributed by atoms with Crippen molar-refractivity contribution in [1.82, 2.24) is 4.90 Å². The molecule has 1 aromatic rings. The van der Waals surface area contributed by atoms with Gasteiger partial charge in [0.15, 0.2) is 0 Å². The molecule has 0 heterocycles. The van der Waals surface area contributed by atoms with Crippen molar-refractivity contribution in [2.75, 3.05) is 19.8 Å². The minimum Gasteiger partial charge on any atom is -0.396 e. The van der Waals surface area contributed by atoms with E-state index in [1.54, 1.807) is 0 Å². The van der Waals surface area contributed by atoms with E-state index in [1.165, 1.54) is 5.56 Å². The van der Waals surface area contributed by atoms with Gasteiger partial charge in [-0.25, -0.2) is 0 Å². The Kier molecular flexibility index (Phi) is 5.79. The zero-order chi connectivity index (χ0) is 13.6. The van der Waals surface area contributed by atoms with E-state index < -0.39 is 5.41 Å². The van der Waals surface area contributed by atoms with E-state index in [1.807, 2.05) is 25.1 Å². The summed E-state index contributed by atoms with van der Waals surface area (Å²) in [7, 11) is 0. The number of rotatable bonds is 7. The van der Waals surface area contributed by atoms with Gasteiger partial charge in [-0.3, -0.25) is 4.90 Å². The van der Waals surface area contributed by atoms with Crippen molar-refractivity contribution in [3.05, 3.63) is 35.9 Å². The van der Waals surface area contributed by atoms with Crippen LogP contribution in [0.25, 0.3) is 0 Å². The summed E-state index contributed by atoms with van der Waals surface area (Å²) in [5.41, 5.74) is 0.809. The van der Waals surface area contributed by atoms with Gasteiger partial charge in [-0.1, -0.05) is 37.3 Å². The summed E-state index contributed by atoms with van der Waals surface area (Å²) in [6.07, 6.45) is 0. The summed E-state index contributed by atoms with van der Waals surface area (Å²) in [5.74, 6) is 0. The van der Waals surface area contributed by atoms with Crippen molar-refractivity contribution in [2.24, 2.45) is 5.41 Å². The summed E-state index contributed by atoms with van der Waals surface area (Å²) in [6.45, 7) is 7.72. The Labute approximate surface area is 110 Å². The molecule has 0 aliphatic carbocycles. The zero-order valence-corrected chi connectivity index (χ0v) is 11.6. The van der Waals surface area contributed by atoms with E-state index in [4.69, 9.17) is 0 Å². The van der Waals surface area contributed by atoms with Gasteiger partial charge in [0.05, 0.1) is 13.2 Å². The summed E-state index contributed by atoms with van der Waals surface area (Å²) in [5, 5.41) is 18.8. The molecule has 0 aromatic heterocycles. The second kappa shape index (κ2) is 6.88. The SMILES string of the molecule is CC(C)N(Cc1ccccc1)CC(C)(CO)CO. The highest BCUT2D eigenvalue weighted by Crippen LogP contribution is 2.19. The lowest BCUT2D eigenvalue weighted by atomic mass is 9.91. The number of aliphatic hydroxyl groups excluding tert-OH is 2. The van der Waals surface area contributed by atoms with E-state index >= 15 is 0 Å². The van der Waals surface area contributed by atoms with Gasteiger partial charge in [0.2, 0.25) is 0 Å². The van der Waals surface area contributed by atoms with Crippen LogP contribution >= 0.6 is 0 Å². The molecular weight excluding hydrogens is 226 g/mol. The highest BCUT2D eigenvalue weighted by molar-refractivity contribution is 5.14. The lowest BCUT2D eigenvalue weighted by Gasteiger charge is -2.35. The average molecular weight is 251 g/mol. The fourth-order valence-electron chi connectivity index (χ4n) is 1.88. The molecule has 0 aliphatic rings. The van der Waals surface area contributed by atoms with Gasteiger partial charge in [-0.2, -0.15) is 0 Å². The molecule has 0 saturated carbocycles. The van der Waals surface area contributed by atoms with Crippen molar-refractivity contribution in [3.63, 3.8) is 0 Å². The van der Waals surface area contributed by atoms with Gasteiger partial charge in [-0.15, -0.1) is 0 Å². The molecule has 0 radical (unpaired) electrons. The molecule has 3 heteroatoms. The molecule has 0 unspecified atom stereocenters. The Morgan fingerprint density at radius 3 is 2.11 bits per heavy atom. The van der Waals surface area contributed by atoms with Gasteiger partial charge in [0, 0.05) is 24.5 Å². The van der Waals surface area contributed by atoms with Gasteiger partial charge in [0.25, 0.3) is 0 Å². The van der Waals surface area contributed by atoms with Gasteiger partial charge >= 0.3 is 0 Å². The fourth-order valence-corrected chi connectivity index (χ4v) is 1.88. The molecule has 0 spiro atoms. The second-order valence-electron chi connectivity index (χ2n) is 5.61. The van der Waals surface area contributed by atoms with Crippen molar-refractivity contribution in [1.29, 1.82) is 0 Å². The second-order valence-corrected chi connectivity index (χ2v) is 5.61. The maximum absolute atomic E-state index is 9.40. The minimum atomic E-state index is -0.445. The molecule has 0 atom stereocenters. The van der Waals surface area contributed by atoms with E-state index in [0.29, 0.717) is 12.6 Å². The topological polar surface area (TPSA) is 43.7 Å². The maximum Gasteiger partial charge on any atom is 0.0519 e. The molecule has 1 rings (SSSR count). The van der Waals surface area contributed by atoms with Crippen LogP contribution in [-0.4, -0.2) is 40.9 Å². The van der Waals surface area contributed by atoms with Crippen LogP contribution in [-0.2, 0) is 6.54 Å². The van der Waals surface area contributed by atoms with Crippen molar-refractivity contribution >= 4 is 0 Å². The van der Waals surface area contributed by atoms with Crippen molar-refractivity contribution in [2.45, 2.75) is 33.4 Å². The third-order valence-corrected chi connectivity index (χ3v) is 3.31. The highest BCUT2D eigenvalue weighted by Gasteiger charge is 2.26. The molecule has 0 fully saturated rings. The average Bonchev–Trinajstić information content (AvgIpc) is 2.39. The van der Waals surface area contributed by atoms with Gasteiger partial charge < -0.3 is 10.2 Å². The Morgan fingerprint density at radius 1 is 1.11 bits per heavy atom. The van der Waals surface area contributed by atoms with Crippen LogP contribution in [0.15, 0.2) is 30.3 Å². The Hall–Kier alpha value is -0.900. The molecule has 1 aromatic carbocycles. The summed E-state index contributed by atoms with van der Waals surface area (Å²) in [4.78, 5) is 2.28. The van der Waals surface area contributed by atoms with Crippen LogP contribution in [0.5, 0.6) is 0 Å². The van der Waals surface area contributed by atoms with Crippen molar-refractivity contribution in [3.8, 4) is 0 Å². The smallest absolute Gasteiger partial charge is 0.0519 e. The molecule has 0 aliphatic heterocycles. The normalized spacial score (nSPS) is 12.4. The minimum absolute atomic E-state index is 0.00150. The summed E-state index contributed by atoms with van der Waals surface area (Å²) < 4.78 is 0. The molecule has 0 bridgehead atoms. The first-order valence-electron chi connectivity index (χ1n) is 6.50. The largest absolute Gasteiger partial charge is 0.396 e. The van der Waals surface area contributed by atoms with Gasteiger partial charge in [0.1, 0.15) is 0 Å². The van der Waals surface area contributed by atoms with Crippen LogP contribution in [0.4, 0.5) is 0 Å². The zero-order valence-electron chi connectivity index (χ0n) is 11.6. The first-order chi connectivity index (χ1) is 8.50. The molecule has 0 saturated heterocycles. The number of aliphatic hydroxyl groups is 2. The third-order valence-electron chi connectivity index (χ3n) is 3.31. The molecule has 2 N–H and O–H groups in total. The van der Waals surface area contributed by atoms with E-state index in [9.17, 15) is 10.2 Å². The lowest BCUT2D eigenvalue weighted by Crippen LogP contribution is -2.43. The summed E-state index contributed by atoms with van der Waals surface area (Å²) >= 11 is 0. The first kappa shape index (κ1) is 15.2. The molecular formula is C15H25NO2. The number of hydrogen-bond acceptors (Lipinski definition) is 3. The molecule has 3 nitrogen and oxygen atoms in total. The van der Waals surface area contributed by atoms with Gasteiger partial charge in [-0.05, 0) is 19.4 Å². The van der Waals surface area contributed by atoms with Crippen LogP contribution in [0, 0.1) is 5.41 Å². The van der Waals surface area contributed by atoms with E-state index in [0.717, 1.165) is 6.54 Å². The lowest BCUT2D eigenvalue weighted by molar-refractivity contribution is 0.0233. The van der Waals surface area contributed by atoms with E-state index in [-0.39, 0.29) is 13.2 Å². The fraction of sp³-hybridized carbons (Fsp3) is 0.600. The molecule has 102 valence electrons. The van der Waals surface area contributed by atoms with Crippen LogP contribution in [0.2, 0.25) is 0 Å². The van der Waals surface area contributed by atoms with Crippen LogP contribution in [0.3, 0.4) is 0 Å². The standard InChI is InChI=1S/C15H25NO2/c1-13(2)16(10-15(3,11-17)12-18)9-14-7-5-4-6-8-14/h4-8,13,17-18H,9-12H2,1-3H3. The number of hydrogen-bond donors (Lipinski definition) is 2. The Bertz CT molecular complexity index is 334. The Morgan fingerprint density at radius 2 is 1.67 bits per heavy atom.